The van der Waals surface area contributed by atoms with Crippen LogP contribution >= 0.6 is 22.6 Å². The van der Waals surface area contributed by atoms with Gasteiger partial charge in [0.25, 0.3) is 0 Å². The second-order valence-electron chi connectivity index (χ2n) is 6.68. The van der Waals surface area contributed by atoms with E-state index in [1.165, 1.54) is 12.4 Å². The molecule has 0 saturated carbocycles. The van der Waals surface area contributed by atoms with Gasteiger partial charge in [-0.2, -0.15) is 4.36 Å². The molecule has 0 bridgehead atoms. The van der Waals surface area contributed by atoms with Crippen LogP contribution in [0.15, 0.2) is 28.9 Å². The van der Waals surface area contributed by atoms with Gasteiger partial charge in [0.05, 0.1) is 18.8 Å². The van der Waals surface area contributed by atoms with Crippen LogP contribution in [0.1, 0.15) is 19.3 Å². The lowest BCUT2D eigenvalue weighted by Crippen LogP contribution is -2.15. The van der Waals surface area contributed by atoms with Gasteiger partial charge in [0, 0.05) is 24.1 Å². The van der Waals surface area contributed by atoms with Gasteiger partial charge in [0.1, 0.15) is 29.3 Å². The average molecular weight is 499 g/mol. The Balaban J connectivity index is 1.85. The third-order valence-corrected chi connectivity index (χ3v) is 8.50. The summed E-state index contributed by atoms with van der Waals surface area (Å²) in [5.74, 6) is 0.962. The minimum atomic E-state index is -2.35. The Kier molecular flexibility index (Phi) is 4.83. The second-order valence-corrected chi connectivity index (χ2v) is 10.2. The largest absolute Gasteiger partial charge is 0.383 e. The highest BCUT2D eigenvalue weighted by molar-refractivity contribution is 14.1. The summed E-state index contributed by atoms with van der Waals surface area (Å²) >= 11 is 2.19. The molecule has 3 aromatic rings. The van der Waals surface area contributed by atoms with Gasteiger partial charge in [-0.05, 0) is 53.1 Å². The number of nitrogens with two attached hydrogens (primary N) is 1. The number of hydrogen-bond acceptors (Lipinski definition) is 5. The van der Waals surface area contributed by atoms with Crippen molar-refractivity contribution in [2.75, 3.05) is 17.2 Å². The van der Waals surface area contributed by atoms with E-state index in [9.17, 15) is 8.60 Å². The molecule has 27 heavy (non-hydrogen) atoms. The second kappa shape index (κ2) is 7.01. The van der Waals surface area contributed by atoms with Crippen LogP contribution in [0.3, 0.4) is 0 Å². The lowest BCUT2D eigenvalue weighted by Gasteiger charge is -2.15. The predicted molar refractivity (Wildman–Crippen MR) is 115 cm³/mol. The zero-order valence-corrected chi connectivity index (χ0v) is 17.8. The third-order valence-electron chi connectivity index (χ3n) is 4.85. The molecule has 1 aliphatic rings. The molecule has 1 fully saturated rings. The van der Waals surface area contributed by atoms with Crippen molar-refractivity contribution in [3.05, 3.63) is 34.0 Å². The number of nitrogens with zero attached hydrogens (tertiary/aromatic N) is 4. The van der Waals surface area contributed by atoms with Crippen LogP contribution < -0.4 is 5.73 Å². The van der Waals surface area contributed by atoms with Crippen LogP contribution in [0.25, 0.3) is 22.2 Å². The summed E-state index contributed by atoms with van der Waals surface area (Å²) < 4.78 is 34.7. The first kappa shape index (κ1) is 18.6. The van der Waals surface area contributed by atoms with Crippen molar-refractivity contribution in [1.82, 2.24) is 14.5 Å². The molecule has 0 amide bonds. The Bertz CT molecular complexity index is 1150. The number of aromatic nitrogens is 3. The molecule has 1 aromatic carbocycles. The van der Waals surface area contributed by atoms with E-state index in [1.54, 1.807) is 12.1 Å². The monoisotopic (exact) mass is 499 g/mol. The quantitative estimate of drug-likeness (QED) is 0.535. The van der Waals surface area contributed by atoms with Gasteiger partial charge in [0.2, 0.25) is 0 Å². The molecule has 0 spiro atoms. The number of aryl methyl sites for hydroxylation is 1. The molecular weight excluding hydrogens is 480 g/mol. The first-order chi connectivity index (χ1) is 12.9. The predicted octanol–water partition coefficient (Wildman–Crippen LogP) is 4.24. The average Bonchev–Trinajstić information content (AvgIpc) is 2.90. The number of fused-ring (bicyclic) bond motifs is 1. The Morgan fingerprint density at radius 2 is 2.00 bits per heavy atom. The lowest BCUT2D eigenvalue weighted by molar-refractivity contribution is 0.627. The first-order valence-corrected chi connectivity index (χ1v) is 11.6. The molecular formula is C18H19FIN5OS. The highest BCUT2D eigenvalue weighted by Gasteiger charge is 2.20. The number of hydrogen-bond donors (Lipinski definition) is 1. The minimum Gasteiger partial charge on any atom is -0.383 e. The van der Waals surface area contributed by atoms with E-state index < -0.39 is 15.5 Å². The van der Waals surface area contributed by atoms with Crippen molar-refractivity contribution in [3.8, 4) is 11.1 Å². The maximum Gasteiger partial charge on any atom is 0.150 e. The molecule has 4 rings (SSSR count). The number of benzene rings is 1. The van der Waals surface area contributed by atoms with Crippen LogP contribution in [0, 0.1) is 9.52 Å². The fraction of sp³-hybridized carbons (Fsp3) is 0.333. The highest BCUT2D eigenvalue weighted by atomic mass is 127. The Morgan fingerprint density at radius 1 is 1.26 bits per heavy atom. The number of rotatable bonds is 2. The Morgan fingerprint density at radius 3 is 2.70 bits per heavy atom. The van der Waals surface area contributed by atoms with Gasteiger partial charge in [-0.1, -0.05) is 12.5 Å². The van der Waals surface area contributed by atoms with Crippen LogP contribution in [-0.4, -0.2) is 30.2 Å². The minimum absolute atomic E-state index is 0.158. The number of halogens is 2. The summed E-state index contributed by atoms with van der Waals surface area (Å²) in [5, 5.41) is 0.701. The standard InChI is InChI=1S/C18H19FIN5OS/c1-25-16(20)14(15-17(21)22-10-23-18(15)25)11-5-6-13(12(19)9-11)24-27(26)7-3-2-4-8-27/h5-6,9-10H,2-4,7-8H2,1H3,(H2,21,22,23). The van der Waals surface area contributed by atoms with Crippen LogP contribution in [0.4, 0.5) is 15.9 Å². The van der Waals surface area contributed by atoms with Crippen LogP contribution in [-0.2, 0) is 16.8 Å². The SMILES string of the molecule is Cn1c(I)c(-c2ccc(N=S3(=O)CCCCC3)c(F)c2)c2c(N)ncnc21. The van der Waals surface area contributed by atoms with E-state index in [4.69, 9.17) is 5.73 Å². The normalized spacial score (nSPS) is 16.6. The summed E-state index contributed by atoms with van der Waals surface area (Å²) in [6.45, 7) is 0. The molecule has 2 N–H and O–H groups in total. The molecule has 9 heteroatoms. The fourth-order valence-corrected chi connectivity index (χ4v) is 6.47. The van der Waals surface area contributed by atoms with Crippen molar-refractivity contribution in [2.24, 2.45) is 11.4 Å². The van der Waals surface area contributed by atoms with E-state index in [-0.39, 0.29) is 5.69 Å². The van der Waals surface area contributed by atoms with Crippen molar-refractivity contribution >= 4 is 54.9 Å². The van der Waals surface area contributed by atoms with Crippen molar-refractivity contribution in [3.63, 3.8) is 0 Å². The van der Waals surface area contributed by atoms with Crippen LogP contribution in [0.5, 0.6) is 0 Å². The topological polar surface area (TPSA) is 86.2 Å². The van der Waals surface area contributed by atoms with Gasteiger partial charge in [-0.25, -0.2) is 18.6 Å². The van der Waals surface area contributed by atoms with E-state index in [2.05, 4.69) is 36.9 Å². The summed E-state index contributed by atoms with van der Waals surface area (Å²) in [6, 6.07) is 4.81. The smallest absolute Gasteiger partial charge is 0.150 e. The Hall–Kier alpha value is -1.75. The maximum atomic E-state index is 14.8. The zero-order chi connectivity index (χ0) is 19.2. The van der Waals surface area contributed by atoms with Crippen molar-refractivity contribution in [1.29, 1.82) is 0 Å². The molecule has 6 nitrogen and oxygen atoms in total. The molecule has 0 aliphatic carbocycles. The number of anilines is 1. The van der Waals surface area contributed by atoms with Gasteiger partial charge >= 0.3 is 0 Å². The van der Waals surface area contributed by atoms with E-state index in [0.717, 1.165) is 28.5 Å². The summed E-state index contributed by atoms with van der Waals surface area (Å²) in [6.07, 6.45) is 4.25. The third kappa shape index (κ3) is 3.31. The lowest BCUT2D eigenvalue weighted by atomic mass is 10.1. The summed E-state index contributed by atoms with van der Waals surface area (Å²) in [5.41, 5.74) is 8.38. The molecule has 1 saturated heterocycles. The van der Waals surface area contributed by atoms with E-state index in [0.29, 0.717) is 33.9 Å². The van der Waals surface area contributed by atoms with Crippen molar-refractivity contribution < 1.29 is 8.60 Å². The molecule has 0 radical (unpaired) electrons. The van der Waals surface area contributed by atoms with Gasteiger partial charge in [-0.3, -0.25) is 0 Å². The van der Waals surface area contributed by atoms with E-state index >= 15 is 0 Å². The molecule has 0 atom stereocenters. The molecule has 2 aromatic heterocycles. The van der Waals surface area contributed by atoms with Crippen LogP contribution in [0.2, 0.25) is 0 Å². The summed E-state index contributed by atoms with van der Waals surface area (Å²) in [4.78, 5) is 8.37. The molecule has 0 unspecified atom stereocenters. The van der Waals surface area contributed by atoms with Gasteiger partial charge < -0.3 is 10.3 Å². The molecule has 1 aliphatic heterocycles. The summed E-state index contributed by atoms with van der Waals surface area (Å²) in [7, 11) is -0.467. The van der Waals surface area contributed by atoms with E-state index in [1.807, 2.05) is 11.6 Å². The number of nitrogen functional groups attached to an aromatic ring is 1. The highest BCUT2D eigenvalue weighted by Crippen LogP contribution is 2.38. The Labute approximate surface area is 170 Å². The maximum absolute atomic E-state index is 14.8. The van der Waals surface area contributed by atoms with Gasteiger partial charge in [-0.15, -0.1) is 0 Å². The van der Waals surface area contributed by atoms with Gasteiger partial charge in [0.15, 0.2) is 0 Å². The fourth-order valence-electron chi connectivity index (χ4n) is 3.45. The molecule has 3 heterocycles. The first-order valence-electron chi connectivity index (χ1n) is 8.66. The zero-order valence-electron chi connectivity index (χ0n) is 14.8. The van der Waals surface area contributed by atoms with Crippen molar-refractivity contribution in [2.45, 2.75) is 19.3 Å². The molecule has 142 valence electrons.